The smallest absolute Gasteiger partial charge is 0.125 e. The minimum atomic E-state index is 0.248. The number of hydrogen-bond donors (Lipinski definition) is 1. The Morgan fingerprint density at radius 1 is 1.35 bits per heavy atom. The van der Waals surface area contributed by atoms with E-state index < -0.39 is 0 Å². The van der Waals surface area contributed by atoms with Gasteiger partial charge in [-0.2, -0.15) is 5.10 Å². The minimum absolute atomic E-state index is 0.248. The van der Waals surface area contributed by atoms with E-state index in [4.69, 9.17) is 0 Å². The summed E-state index contributed by atoms with van der Waals surface area (Å²) in [5.74, 6) is 0.803. The van der Waals surface area contributed by atoms with Crippen molar-refractivity contribution in [2.45, 2.75) is 26.4 Å². The van der Waals surface area contributed by atoms with Gasteiger partial charge in [-0.1, -0.05) is 0 Å². The Kier molecular flexibility index (Phi) is 3.49. The van der Waals surface area contributed by atoms with Crippen LogP contribution < -0.4 is 5.32 Å². The van der Waals surface area contributed by atoms with E-state index in [1.807, 2.05) is 37.0 Å². The lowest BCUT2D eigenvalue weighted by molar-refractivity contribution is 0.524. The van der Waals surface area contributed by atoms with Crippen molar-refractivity contribution in [1.82, 2.24) is 25.1 Å². The molecule has 0 fully saturated rings. The van der Waals surface area contributed by atoms with Crippen LogP contribution in [0.1, 0.15) is 30.2 Å². The summed E-state index contributed by atoms with van der Waals surface area (Å²) >= 11 is 0. The van der Waals surface area contributed by atoms with Crippen LogP contribution in [0.3, 0.4) is 0 Å². The summed E-state index contributed by atoms with van der Waals surface area (Å²) in [5, 5.41) is 7.58. The van der Waals surface area contributed by atoms with Gasteiger partial charge >= 0.3 is 0 Å². The van der Waals surface area contributed by atoms with E-state index >= 15 is 0 Å². The first kappa shape index (κ1) is 11.7. The van der Waals surface area contributed by atoms with Gasteiger partial charge < -0.3 is 5.32 Å². The predicted molar refractivity (Wildman–Crippen MR) is 65.2 cm³/mol. The fraction of sp³-hybridized carbons (Fsp3) is 0.417. The van der Waals surface area contributed by atoms with Crippen LogP contribution in [-0.2, 0) is 13.6 Å². The Labute approximate surface area is 101 Å². The summed E-state index contributed by atoms with van der Waals surface area (Å²) in [6, 6.07) is 4.19. The van der Waals surface area contributed by atoms with Gasteiger partial charge in [0.15, 0.2) is 0 Å². The third-order valence-corrected chi connectivity index (χ3v) is 2.73. The molecule has 0 amide bonds. The zero-order chi connectivity index (χ0) is 12.3. The quantitative estimate of drug-likeness (QED) is 0.863. The highest BCUT2D eigenvalue weighted by Crippen LogP contribution is 2.10. The first-order chi connectivity index (χ1) is 8.16. The van der Waals surface area contributed by atoms with Crippen LogP contribution in [-0.4, -0.2) is 19.7 Å². The molecule has 90 valence electrons. The van der Waals surface area contributed by atoms with Crippen molar-refractivity contribution >= 4 is 0 Å². The van der Waals surface area contributed by atoms with Crippen LogP contribution in [0.25, 0.3) is 0 Å². The van der Waals surface area contributed by atoms with E-state index in [2.05, 4.69) is 27.3 Å². The second kappa shape index (κ2) is 5.05. The van der Waals surface area contributed by atoms with Crippen molar-refractivity contribution in [2.24, 2.45) is 7.05 Å². The molecule has 1 N–H and O–H groups in total. The zero-order valence-electron chi connectivity index (χ0n) is 10.4. The maximum atomic E-state index is 4.35. The van der Waals surface area contributed by atoms with E-state index in [0.717, 1.165) is 23.8 Å². The summed E-state index contributed by atoms with van der Waals surface area (Å²) < 4.78 is 1.88. The molecule has 2 heterocycles. The monoisotopic (exact) mass is 231 g/mol. The van der Waals surface area contributed by atoms with Crippen molar-refractivity contribution in [3.63, 3.8) is 0 Å². The van der Waals surface area contributed by atoms with Gasteiger partial charge in [-0.3, -0.25) is 4.68 Å². The maximum absolute atomic E-state index is 4.35. The van der Waals surface area contributed by atoms with E-state index in [1.165, 1.54) is 0 Å². The van der Waals surface area contributed by atoms with Crippen molar-refractivity contribution in [3.05, 3.63) is 41.7 Å². The third-order valence-electron chi connectivity index (χ3n) is 2.73. The largest absolute Gasteiger partial charge is 0.303 e. The predicted octanol–water partition coefficient (Wildman–Crippen LogP) is 1.37. The number of rotatable bonds is 4. The molecule has 0 aromatic carbocycles. The topological polar surface area (TPSA) is 55.6 Å². The van der Waals surface area contributed by atoms with Gasteiger partial charge in [-0.25, -0.2) is 9.97 Å². The van der Waals surface area contributed by atoms with Crippen molar-refractivity contribution < 1.29 is 0 Å². The van der Waals surface area contributed by atoms with Crippen LogP contribution >= 0.6 is 0 Å². The lowest BCUT2D eigenvalue weighted by Crippen LogP contribution is -2.21. The van der Waals surface area contributed by atoms with E-state index in [9.17, 15) is 0 Å². The first-order valence-corrected chi connectivity index (χ1v) is 5.66. The summed E-state index contributed by atoms with van der Waals surface area (Å²) in [7, 11) is 1.95. The molecule has 0 saturated heterocycles. The lowest BCUT2D eigenvalue weighted by atomic mass is 10.2. The van der Waals surface area contributed by atoms with Gasteiger partial charge in [0.25, 0.3) is 0 Å². The second-order valence-corrected chi connectivity index (χ2v) is 4.08. The molecule has 1 atom stereocenters. The van der Waals surface area contributed by atoms with Gasteiger partial charge in [0, 0.05) is 32.0 Å². The van der Waals surface area contributed by atoms with Crippen LogP contribution in [0.15, 0.2) is 24.5 Å². The van der Waals surface area contributed by atoms with Crippen LogP contribution in [0.2, 0.25) is 0 Å². The molecule has 0 saturated carbocycles. The summed E-state index contributed by atoms with van der Waals surface area (Å²) in [6.07, 6.45) is 3.59. The average Bonchev–Trinajstić information content (AvgIpc) is 2.72. The van der Waals surface area contributed by atoms with Crippen molar-refractivity contribution in [3.8, 4) is 0 Å². The molecular weight excluding hydrogens is 214 g/mol. The van der Waals surface area contributed by atoms with E-state index in [1.54, 1.807) is 6.20 Å². The van der Waals surface area contributed by atoms with Crippen LogP contribution in [0.4, 0.5) is 0 Å². The molecule has 0 aliphatic rings. The molecule has 0 bridgehead atoms. The molecule has 2 aromatic heterocycles. The Hall–Kier alpha value is -1.75. The highest BCUT2D eigenvalue weighted by atomic mass is 15.3. The third kappa shape index (κ3) is 2.88. The normalized spacial score (nSPS) is 12.6. The SMILES string of the molecule is Cc1nccc(CNC(C)c2ccnn2C)n1. The Bertz CT molecular complexity index is 491. The van der Waals surface area contributed by atoms with Gasteiger partial charge in [-0.15, -0.1) is 0 Å². The highest BCUT2D eigenvalue weighted by Gasteiger charge is 2.08. The molecule has 0 aliphatic carbocycles. The molecule has 2 rings (SSSR count). The van der Waals surface area contributed by atoms with Crippen LogP contribution in [0.5, 0.6) is 0 Å². The first-order valence-electron chi connectivity index (χ1n) is 5.66. The number of aromatic nitrogens is 4. The number of nitrogens with zero attached hydrogens (tertiary/aromatic N) is 4. The molecule has 2 aromatic rings. The van der Waals surface area contributed by atoms with Gasteiger partial charge in [0.05, 0.1) is 11.4 Å². The standard InChI is InChI=1S/C12H17N5/c1-9(12-5-7-15-17(12)3)14-8-11-4-6-13-10(2)16-11/h4-7,9,14H,8H2,1-3H3. The maximum Gasteiger partial charge on any atom is 0.125 e. The van der Waals surface area contributed by atoms with Crippen molar-refractivity contribution in [2.75, 3.05) is 0 Å². The molecule has 17 heavy (non-hydrogen) atoms. The molecule has 5 nitrogen and oxygen atoms in total. The molecular formula is C12H17N5. The molecule has 0 radical (unpaired) electrons. The summed E-state index contributed by atoms with van der Waals surface area (Å²) in [4.78, 5) is 8.43. The van der Waals surface area contributed by atoms with Crippen LogP contribution in [0, 0.1) is 6.92 Å². The Morgan fingerprint density at radius 3 is 2.82 bits per heavy atom. The lowest BCUT2D eigenvalue weighted by Gasteiger charge is -2.13. The van der Waals surface area contributed by atoms with E-state index in [-0.39, 0.29) is 6.04 Å². The Balaban J connectivity index is 1.97. The summed E-state index contributed by atoms with van der Waals surface area (Å²) in [5.41, 5.74) is 2.17. The van der Waals surface area contributed by atoms with Crippen molar-refractivity contribution in [1.29, 1.82) is 0 Å². The number of aryl methyl sites for hydroxylation is 2. The Morgan fingerprint density at radius 2 is 2.18 bits per heavy atom. The summed E-state index contributed by atoms with van der Waals surface area (Å²) in [6.45, 7) is 4.74. The van der Waals surface area contributed by atoms with Gasteiger partial charge in [0.1, 0.15) is 5.82 Å². The molecule has 0 aliphatic heterocycles. The highest BCUT2D eigenvalue weighted by molar-refractivity contribution is 5.07. The second-order valence-electron chi connectivity index (χ2n) is 4.08. The fourth-order valence-corrected chi connectivity index (χ4v) is 1.77. The number of hydrogen-bond acceptors (Lipinski definition) is 4. The van der Waals surface area contributed by atoms with Gasteiger partial charge in [0.2, 0.25) is 0 Å². The molecule has 5 heteroatoms. The minimum Gasteiger partial charge on any atom is -0.303 e. The van der Waals surface area contributed by atoms with Gasteiger partial charge in [-0.05, 0) is 26.0 Å². The fourth-order valence-electron chi connectivity index (χ4n) is 1.77. The molecule has 0 spiro atoms. The van der Waals surface area contributed by atoms with E-state index in [0.29, 0.717) is 0 Å². The molecule has 1 unspecified atom stereocenters. The zero-order valence-corrected chi connectivity index (χ0v) is 10.4. The average molecular weight is 231 g/mol. The number of nitrogens with one attached hydrogen (secondary N) is 1.